The van der Waals surface area contributed by atoms with Gasteiger partial charge in [0.2, 0.25) is 0 Å². The van der Waals surface area contributed by atoms with Crippen molar-refractivity contribution in [3.63, 3.8) is 0 Å². The summed E-state index contributed by atoms with van der Waals surface area (Å²) in [5, 5.41) is 1.18. The number of aromatic nitrogens is 1. The van der Waals surface area contributed by atoms with Gasteiger partial charge in [0.1, 0.15) is 0 Å². The van der Waals surface area contributed by atoms with Gasteiger partial charge in [-0.3, -0.25) is 0 Å². The van der Waals surface area contributed by atoms with E-state index in [0.29, 0.717) is 0 Å². The van der Waals surface area contributed by atoms with Gasteiger partial charge in [-0.05, 0) is 26.7 Å². The molecule has 0 saturated carbocycles. The highest BCUT2D eigenvalue weighted by Gasteiger charge is 2.02. The van der Waals surface area contributed by atoms with E-state index in [-0.39, 0.29) is 0 Å². The van der Waals surface area contributed by atoms with E-state index in [1.54, 1.807) is 11.3 Å². The van der Waals surface area contributed by atoms with E-state index < -0.39 is 0 Å². The molecular formula is C9H14NS. The Morgan fingerprint density at radius 1 is 1.45 bits per heavy atom. The molecule has 0 aromatic carbocycles. The van der Waals surface area contributed by atoms with Gasteiger partial charge < -0.3 is 0 Å². The number of unbranched alkanes of at least 4 members (excludes halogenated alkanes) is 1. The smallest absolute Gasteiger partial charge is 0.0900 e. The van der Waals surface area contributed by atoms with Gasteiger partial charge in [-0.25, -0.2) is 4.98 Å². The van der Waals surface area contributed by atoms with Gasteiger partial charge >= 0.3 is 0 Å². The molecular weight excluding hydrogens is 154 g/mol. The molecule has 0 saturated heterocycles. The molecule has 0 N–H and O–H groups in total. The van der Waals surface area contributed by atoms with Gasteiger partial charge in [-0.2, -0.15) is 0 Å². The van der Waals surface area contributed by atoms with E-state index in [1.165, 1.54) is 15.6 Å². The van der Waals surface area contributed by atoms with E-state index in [4.69, 9.17) is 0 Å². The standard InChI is InChI=1S/C9H14NS/c1-4-5-6-9-7(2)11-8(3)10-9/h1,4-6H2,2-3H3. The van der Waals surface area contributed by atoms with Crippen molar-refractivity contribution in [3.05, 3.63) is 22.5 Å². The van der Waals surface area contributed by atoms with Crippen LogP contribution in [0.3, 0.4) is 0 Å². The van der Waals surface area contributed by atoms with Crippen LogP contribution in [0.25, 0.3) is 0 Å². The summed E-state index contributed by atoms with van der Waals surface area (Å²) in [5.74, 6) is 0. The quantitative estimate of drug-likeness (QED) is 0.676. The monoisotopic (exact) mass is 168 g/mol. The van der Waals surface area contributed by atoms with Crippen LogP contribution < -0.4 is 0 Å². The van der Waals surface area contributed by atoms with Crippen LogP contribution in [0.4, 0.5) is 0 Å². The molecule has 0 amide bonds. The zero-order valence-corrected chi connectivity index (χ0v) is 8.00. The van der Waals surface area contributed by atoms with E-state index in [0.717, 1.165) is 19.3 Å². The molecule has 1 heterocycles. The Balaban J connectivity index is 2.62. The van der Waals surface area contributed by atoms with Crippen LogP contribution in [-0.4, -0.2) is 4.98 Å². The van der Waals surface area contributed by atoms with Crippen LogP contribution in [0, 0.1) is 20.8 Å². The summed E-state index contributed by atoms with van der Waals surface area (Å²) >= 11 is 1.79. The molecule has 0 spiro atoms. The number of hydrogen-bond donors (Lipinski definition) is 0. The van der Waals surface area contributed by atoms with Crippen LogP contribution in [0.5, 0.6) is 0 Å². The minimum absolute atomic E-state index is 1.01. The maximum atomic E-state index is 4.44. The molecule has 0 aliphatic carbocycles. The van der Waals surface area contributed by atoms with E-state index >= 15 is 0 Å². The first-order valence-electron chi connectivity index (χ1n) is 3.96. The third-order valence-electron chi connectivity index (χ3n) is 1.66. The van der Waals surface area contributed by atoms with Crippen LogP contribution in [0.15, 0.2) is 0 Å². The fourth-order valence-corrected chi connectivity index (χ4v) is 1.96. The maximum absolute atomic E-state index is 4.44. The summed E-state index contributed by atoms with van der Waals surface area (Å²) in [6, 6.07) is 0. The molecule has 1 radical (unpaired) electrons. The van der Waals surface area contributed by atoms with Gasteiger partial charge in [0, 0.05) is 4.88 Å². The number of nitrogens with zero attached hydrogens (tertiary/aromatic N) is 1. The second-order valence-electron chi connectivity index (χ2n) is 2.69. The molecule has 2 heteroatoms. The summed E-state index contributed by atoms with van der Waals surface area (Å²) in [4.78, 5) is 5.81. The molecule has 0 bridgehead atoms. The Morgan fingerprint density at radius 3 is 2.64 bits per heavy atom. The Morgan fingerprint density at radius 2 is 2.18 bits per heavy atom. The first-order valence-corrected chi connectivity index (χ1v) is 4.78. The van der Waals surface area contributed by atoms with Gasteiger partial charge in [-0.15, -0.1) is 11.3 Å². The van der Waals surface area contributed by atoms with Crippen LogP contribution in [0.2, 0.25) is 0 Å². The molecule has 0 unspecified atom stereocenters. The van der Waals surface area contributed by atoms with Crippen molar-refractivity contribution in [2.45, 2.75) is 33.1 Å². The van der Waals surface area contributed by atoms with E-state index in [1.807, 2.05) is 0 Å². The molecule has 0 atom stereocenters. The first-order chi connectivity index (χ1) is 5.24. The van der Waals surface area contributed by atoms with Crippen molar-refractivity contribution in [2.24, 2.45) is 0 Å². The average molecular weight is 168 g/mol. The maximum Gasteiger partial charge on any atom is 0.0900 e. The largest absolute Gasteiger partial charge is 0.246 e. The minimum Gasteiger partial charge on any atom is -0.246 e. The van der Waals surface area contributed by atoms with Crippen molar-refractivity contribution >= 4 is 11.3 Å². The van der Waals surface area contributed by atoms with E-state index in [2.05, 4.69) is 25.8 Å². The highest BCUT2D eigenvalue weighted by molar-refractivity contribution is 7.11. The van der Waals surface area contributed by atoms with Crippen LogP contribution >= 0.6 is 11.3 Å². The number of aryl methyl sites for hydroxylation is 3. The SMILES string of the molecule is [CH2]CCCc1nc(C)sc1C. The predicted molar refractivity (Wildman–Crippen MR) is 49.9 cm³/mol. The lowest BCUT2D eigenvalue weighted by molar-refractivity contribution is 0.815. The Bertz CT molecular complexity index is 227. The molecule has 11 heavy (non-hydrogen) atoms. The fourth-order valence-electron chi connectivity index (χ4n) is 1.10. The highest BCUT2D eigenvalue weighted by atomic mass is 32.1. The van der Waals surface area contributed by atoms with Gasteiger partial charge in [0.05, 0.1) is 10.7 Å². The Labute approximate surface area is 72.5 Å². The van der Waals surface area contributed by atoms with Crippen molar-refractivity contribution in [1.29, 1.82) is 0 Å². The van der Waals surface area contributed by atoms with Crippen LogP contribution in [-0.2, 0) is 6.42 Å². The summed E-state index contributed by atoms with van der Waals surface area (Å²) in [6.07, 6.45) is 3.26. The zero-order valence-electron chi connectivity index (χ0n) is 7.18. The molecule has 1 aromatic rings. The summed E-state index contributed by atoms with van der Waals surface area (Å²) in [7, 11) is 0. The van der Waals surface area contributed by atoms with Gasteiger partial charge in [0.25, 0.3) is 0 Å². The van der Waals surface area contributed by atoms with E-state index in [9.17, 15) is 0 Å². The fraction of sp³-hybridized carbons (Fsp3) is 0.556. The topological polar surface area (TPSA) is 12.9 Å². The minimum atomic E-state index is 1.01. The third kappa shape index (κ3) is 2.29. The molecule has 1 aromatic heterocycles. The number of hydrogen-bond acceptors (Lipinski definition) is 2. The lowest BCUT2D eigenvalue weighted by Gasteiger charge is -1.93. The van der Waals surface area contributed by atoms with Gasteiger partial charge in [-0.1, -0.05) is 13.3 Å². The highest BCUT2D eigenvalue weighted by Crippen LogP contribution is 2.17. The molecule has 1 rings (SSSR count). The summed E-state index contributed by atoms with van der Waals surface area (Å²) in [6.45, 7) is 8.02. The molecule has 61 valence electrons. The predicted octanol–water partition coefficient (Wildman–Crippen LogP) is 2.92. The Kier molecular flexibility index (Phi) is 3.06. The third-order valence-corrected chi connectivity index (χ3v) is 2.59. The van der Waals surface area contributed by atoms with Crippen molar-refractivity contribution in [3.8, 4) is 0 Å². The molecule has 1 nitrogen and oxygen atoms in total. The number of rotatable bonds is 3. The van der Waals surface area contributed by atoms with Gasteiger partial charge in [0.15, 0.2) is 0 Å². The van der Waals surface area contributed by atoms with Crippen LogP contribution in [0.1, 0.15) is 28.4 Å². The lowest BCUT2D eigenvalue weighted by Crippen LogP contribution is -1.86. The van der Waals surface area contributed by atoms with Crippen molar-refractivity contribution in [2.75, 3.05) is 0 Å². The summed E-state index contributed by atoms with van der Waals surface area (Å²) in [5.41, 5.74) is 1.27. The first kappa shape index (κ1) is 8.72. The van der Waals surface area contributed by atoms with Crippen molar-refractivity contribution in [1.82, 2.24) is 4.98 Å². The number of thiazole rings is 1. The average Bonchev–Trinajstić information content (AvgIpc) is 2.26. The molecule has 0 fully saturated rings. The Hall–Kier alpha value is -0.370. The molecule has 0 aliphatic rings. The molecule has 0 aliphatic heterocycles. The second-order valence-corrected chi connectivity index (χ2v) is 4.10. The normalized spacial score (nSPS) is 10.5. The summed E-state index contributed by atoms with van der Waals surface area (Å²) < 4.78 is 0. The van der Waals surface area contributed by atoms with Crippen molar-refractivity contribution < 1.29 is 0 Å². The second kappa shape index (κ2) is 3.86. The zero-order chi connectivity index (χ0) is 8.27. The lowest BCUT2D eigenvalue weighted by atomic mass is 10.2.